The van der Waals surface area contributed by atoms with E-state index in [1.807, 2.05) is 19.1 Å². The number of carbonyl (C=O) groups excluding carboxylic acids is 11. The van der Waals surface area contributed by atoms with Crippen LogP contribution in [-0.2, 0) is 116 Å². The highest BCUT2D eigenvalue weighted by atomic mass is 32.2. The summed E-state index contributed by atoms with van der Waals surface area (Å²) in [6.45, 7) is 12.9. The number of nitrogens with one attached hydrogen (secondary N) is 6. The van der Waals surface area contributed by atoms with Crippen LogP contribution >= 0.6 is 11.8 Å². The van der Waals surface area contributed by atoms with E-state index in [1.165, 1.54) is 18.2 Å². The number of carbonyl (C=O) groups is 15. The third-order valence-electron chi connectivity index (χ3n) is 23.3. The Balaban J connectivity index is 0.906. The average molecular weight is 1920 g/mol. The Kier molecular flexibility index (Phi) is 42.9. The van der Waals surface area contributed by atoms with Crippen LogP contribution in [0.25, 0.3) is 17.0 Å². The minimum Gasteiger partial charge on any atom is -0.481 e. The fraction of sp³-hybridized carbons (Fsp3) is 0.511. The van der Waals surface area contributed by atoms with E-state index < -0.39 is 199 Å². The minimum absolute atomic E-state index is 0.00134. The van der Waals surface area contributed by atoms with E-state index in [2.05, 4.69) is 88.3 Å². The highest BCUT2D eigenvalue weighted by molar-refractivity contribution is 8.00. The number of ether oxygens (including phenoxy) is 1. The van der Waals surface area contributed by atoms with Crippen molar-refractivity contribution in [1.82, 2.24) is 36.8 Å². The van der Waals surface area contributed by atoms with Gasteiger partial charge in [0.2, 0.25) is 35.4 Å². The van der Waals surface area contributed by atoms with E-state index in [1.54, 1.807) is 83.8 Å². The highest BCUT2D eigenvalue weighted by Crippen LogP contribution is 2.52. The number of ketones is 3. The number of allylic oxidation sites excluding steroid dienone is 3. The van der Waals surface area contributed by atoms with Crippen LogP contribution in [0.15, 0.2) is 130 Å². The van der Waals surface area contributed by atoms with E-state index in [9.17, 15) is 113 Å². The van der Waals surface area contributed by atoms with Gasteiger partial charge in [0.15, 0.2) is 17.8 Å². The molecule has 0 saturated carbocycles. The zero-order chi connectivity index (χ0) is 98.6. The molecule has 5 aromatic rings. The number of hydrogen-bond acceptors (Lipinski definition) is 24. The first kappa shape index (κ1) is 109. The van der Waals surface area contributed by atoms with Gasteiger partial charge in [-0.05, 0) is 136 Å². The molecule has 8 amide bonds. The van der Waals surface area contributed by atoms with Crippen molar-refractivity contribution in [3.05, 3.63) is 149 Å². The minimum atomic E-state index is -4.77. The van der Waals surface area contributed by atoms with E-state index in [-0.39, 0.29) is 114 Å². The van der Waals surface area contributed by atoms with Gasteiger partial charge in [0, 0.05) is 137 Å². The number of fused-ring (bicyclic) bond motifs is 2. The quantitative estimate of drug-likeness (QED) is 0.00430. The molecule has 0 aliphatic carbocycles. The SMILES string of the molecule is CCCCN(CC)c1ccc2c(C(C)(C)C)cc(/C=C/C=C3\N(CCCS(=O)(=O)O)c4ccc(S(=O)(=O)O)cc4C3(C)CCCC(=O)NCCN3C(=O)CC(SC[C@H](CC(=O)[C@H](CC(=O)O)NC(=O)[C@@H](N)CNC(=O)[C@@H](CC(=O)[C@H](Cc4ccccc4)NC(=O)CCCCCCCCC(=O)CC[C@H](NC(=O)N[C@@H](CCC(=O)O)OC=O)C(=O)O)Cc4ccccc4)C(=O)O)C3=O)[o+]c2c1. The van der Waals surface area contributed by atoms with Crippen LogP contribution in [0.1, 0.15) is 211 Å². The number of carboxylic acid groups (broad SMARTS) is 4. The summed E-state index contributed by atoms with van der Waals surface area (Å²) in [5, 5.41) is 53.3. The van der Waals surface area contributed by atoms with Crippen LogP contribution in [0.2, 0.25) is 0 Å². The van der Waals surface area contributed by atoms with Crippen LogP contribution in [0, 0.1) is 11.8 Å². The van der Waals surface area contributed by atoms with Crippen molar-refractivity contribution in [2.45, 2.75) is 247 Å². The number of rotatable bonds is 61. The van der Waals surface area contributed by atoms with E-state index in [0.29, 0.717) is 77.9 Å². The largest absolute Gasteiger partial charge is 0.481 e. The Labute approximate surface area is 783 Å². The van der Waals surface area contributed by atoms with Gasteiger partial charge in [-0.25, -0.2) is 14.0 Å². The van der Waals surface area contributed by atoms with Gasteiger partial charge in [0.05, 0.1) is 58.2 Å². The molecule has 1 fully saturated rings. The first-order valence-corrected chi connectivity index (χ1v) is 49.0. The first-order valence-electron chi connectivity index (χ1n) is 44.9. The van der Waals surface area contributed by atoms with Crippen LogP contribution in [0.4, 0.5) is 16.2 Å². The molecule has 2 unspecified atom stereocenters. The average Bonchev–Trinajstić information content (AvgIpc) is 1.57. The fourth-order valence-electron chi connectivity index (χ4n) is 16.0. The van der Waals surface area contributed by atoms with E-state index >= 15 is 0 Å². The summed E-state index contributed by atoms with van der Waals surface area (Å²) in [5.74, 6) is -15.0. The van der Waals surface area contributed by atoms with Crippen LogP contribution < -0.4 is 47.4 Å². The summed E-state index contributed by atoms with van der Waals surface area (Å²) in [5.41, 5.74) is 10.3. The summed E-state index contributed by atoms with van der Waals surface area (Å²) >= 11 is 0.752. The summed E-state index contributed by atoms with van der Waals surface area (Å²) in [7, 11) is -9.19. The van der Waals surface area contributed by atoms with Gasteiger partial charge in [-0.3, -0.25) is 76.3 Å². The smallest absolute Gasteiger partial charge is 0.363 e. The van der Waals surface area contributed by atoms with Gasteiger partial charge in [0.1, 0.15) is 17.9 Å². The van der Waals surface area contributed by atoms with Crippen molar-refractivity contribution in [3.63, 3.8) is 0 Å². The van der Waals surface area contributed by atoms with Crippen molar-refractivity contribution in [2.75, 3.05) is 60.6 Å². The molecule has 2 aliphatic rings. The molecule has 9 atom stereocenters. The first-order chi connectivity index (χ1) is 63.4. The molecular formula is C94H125N10O27S3+. The number of carboxylic acids is 4. The number of amides is 8. The predicted octanol–water partition coefficient (Wildman–Crippen LogP) is 9.18. The number of nitrogens with two attached hydrogens (primary N) is 1. The van der Waals surface area contributed by atoms with Gasteiger partial charge in [-0.2, -0.15) is 16.8 Å². The second kappa shape index (κ2) is 52.7. The number of Topliss-reactive ketones (excluding diaryl/α,β-unsaturated/α-hetero) is 3. The zero-order valence-electron chi connectivity index (χ0n) is 76.3. The second-order valence-corrected chi connectivity index (χ2v) is 38.9. The van der Waals surface area contributed by atoms with Crippen molar-refractivity contribution in [2.24, 2.45) is 17.6 Å². The number of imide groups is 1. The van der Waals surface area contributed by atoms with Gasteiger partial charge in [-0.1, -0.05) is 127 Å². The Morgan fingerprint density at radius 2 is 1.31 bits per heavy atom. The molecular weight excluding hydrogens is 1800 g/mol. The van der Waals surface area contributed by atoms with Crippen LogP contribution in [0.5, 0.6) is 0 Å². The number of aliphatic carboxylic acids is 4. The number of nitrogens with zero attached hydrogens (tertiary/aromatic N) is 3. The summed E-state index contributed by atoms with van der Waals surface area (Å²) in [6.07, 6.45) is 6.03. The lowest BCUT2D eigenvalue weighted by atomic mass is 9.77. The third-order valence-corrected chi connectivity index (χ3v) is 26.3. The molecule has 134 heavy (non-hydrogen) atoms. The normalized spacial score (nSPS) is 16.3. The molecule has 730 valence electrons. The number of thioether (sulfide) groups is 1. The lowest BCUT2D eigenvalue weighted by Crippen LogP contribution is -2.53. The molecule has 4 aromatic carbocycles. The summed E-state index contributed by atoms with van der Waals surface area (Å²) in [6, 6.07) is 22.5. The van der Waals surface area contributed by atoms with Gasteiger partial charge >= 0.3 is 41.3 Å². The maximum absolute atomic E-state index is 14.5. The molecule has 40 heteroatoms. The number of benzene rings is 4. The molecule has 1 aromatic heterocycles. The topological polar surface area (TPSA) is 574 Å². The van der Waals surface area contributed by atoms with Crippen molar-refractivity contribution < 1.29 is 127 Å². The maximum atomic E-state index is 14.5. The Hall–Kier alpha value is -11.9. The Morgan fingerprint density at radius 1 is 0.657 bits per heavy atom. The Bertz CT molecular complexity index is 5290. The fourth-order valence-corrected chi connectivity index (χ4v) is 18.2. The maximum Gasteiger partial charge on any atom is 0.363 e. The Morgan fingerprint density at radius 3 is 1.93 bits per heavy atom. The number of anilines is 2. The molecule has 14 N–H and O–H groups in total. The van der Waals surface area contributed by atoms with Crippen LogP contribution in [0.3, 0.4) is 0 Å². The predicted molar refractivity (Wildman–Crippen MR) is 499 cm³/mol. The number of urea groups is 1. The molecule has 2 aliphatic heterocycles. The number of hydrogen-bond donors (Lipinski definition) is 13. The highest BCUT2D eigenvalue weighted by Gasteiger charge is 2.45. The van der Waals surface area contributed by atoms with Crippen molar-refractivity contribution in [1.29, 1.82) is 0 Å². The van der Waals surface area contributed by atoms with Crippen LogP contribution in [-0.4, -0.2) is 227 Å². The van der Waals surface area contributed by atoms with E-state index in [4.69, 9.17) is 15.3 Å². The molecule has 0 bridgehead atoms. The zero-order valence-corrected chi connectivity index (χ0v) is 78.7. The summed E-state index contributed by atoms with van der Waals surface area (Å²) < 4.78 is 80.9. The second-order valence-electron chi connectivity index (χ2n) is 34.7. The molecule has 0 spiro atoms. The standard InChI is InChI=1S/C94H124N10O27S3/c1-7-9-44-102(8-2)64-34-37-68-69(93(3,4)5)53-66(131-78(68)52-64)30-22-31-80-94(6,70-54-67(134(127,128)129)36-39-75(70)103(80)45-24-47-133(124,125)126)42-23-33-81(109)96-43-46-104-84(111)56-79(89(104)118)132-58-63(90(119)120)51-77(108)74(55-86(114)115)99-88(117)71(95)57-97-87(116)62(48-60-25-16-14-17-26-60)50-76(107)73(49-61-27-18-15-19-28-61)98-82(110)32-21-13-11-10-12-20-29-65(106)35-38-72(91(121)122)100-92(123)101-83(130-59-105)40-41-85(112)113/h14-19,22,25-28,30-31,34,36-37,39,52-54,59,62-63,71-74,79,83H,7-13,20-21,23-24,29,32-33,35,38,40-51,55-58,95H2,1-6H3,(H11-,96,97,98,99,100,101,109,110,112,113,114,115,116,117,119,120,121,122,123,124,125,126,127,128,129)/p+1/b30-22+,80-31-/t62-,63+,71+,72+,73+,74+,79?,83-,94?/m1/s1. The lowest BCUT2D eigenvalue weighted by molar-refractivity contribution is -0.144. The van der Waals surface area contributed by atoms with Gasteiger partial charge in [0.25, 0.3) is 26.7 Å². The van der Waals surface area contributed by atoms with Gasteiger partial charge < -0.3 is 72.6 Å². The van der Waals surface area contributed by atoms with E-state index in [0.717, 1.165) is 59.2 Å². The molecule has 37 nitrogen and oxygen atoms in total. The monoisotopic (exact) mass is 1920 g/mol. The number of likely N-dealkylation sites (tertiary alicyclic amines) is 1. The third kappa shape index (κ3) is 35.2. The molecule has 0 radical (unpaired) electrons. The molecule has 3 heterocycles. The summed E-state index contributed by atoms with van der Waals surface area (Å²) in [4.78, 5) is 199. The number of unbranched alkanes of at least 4 members (excludes halogenated alkanes) is 6. The van der Waals surface area contributed by atoms with Crippen molar-refractivity contribution in [3.8, 4) is 0 Å². The van der Waals surface area contributed by atoms with Crippen molar-refractivity contribution >= 4 is 150 Å². The lowest BCUT2D eigenvalue weighted by Gasteiger charge is -2.30. The molecule has 1 saturated heterocycles. The van der Waals surface area contributed by atoms with Gasteiger partial charge in [-0.15, -0.1) is 11.8 Å². The molecule has 7 rings (SSSR count).